The molecule has 0 unspecified atom stereocenters. The predicted octanol–water partition coefficient (Wildman–Crippen LogP) is 2.84. The Bertz CT molecular complexity index is 619. The van der Waals surface area contributed by atoms with E-state index in [1.54, 1.807) is 19.1 Å². The summed E-state index contributed by atoms with van der Waals surface area (Å²) < 4.78 is 13.3. The Hall–Kier alpha value is -1.97. The van der Waals surface area contributed by atoms with Crippen molar-refractivity contribution in [3.8, 4) is 11.3 Å². The number of benzene rings is 1. The lowest BCUT2D eigenvalue weighted by Gasteiger charge is -2.07. The molecular weight excluding hydrogens is 231 g/mol. The van der Waals surface area contributed by atoms with Gasteiger partial charge in [0.2, 0.25) is 0 Å². The van der Waals surface area contributed by atoms with Crippen molar-refractivity contribution in [2.45, 2.75) is 26.7 Å². The molecule has 1 aromatic carbocycles. The fourth-order valence-corrected chi connectivity index (χ4v) is 1.95. The first-order chi connectivity index (χ1) is 8.63. The minimum Gasteiger partial charge on any atom is -0.313 e. The van der Waals surface area contributed by atoms with Gasteiger partial charge in [0.05, 0.1) is 12.0 Å². The van der Waals surface area contributed by atoms with Crippen molar-refractivity contribution in [2.75, 3.05) is 0 Å². The van der Waals surface area contributed by atoms with Gasteiger partial charge in [-0.1, -0.05) is 13.3 Å². The molecule has 0 bridgehead atoms. The molecule has 0 aliphatic carbocycles. The van der Waals surface area contributed by atoms with Gasteiger partial charge in [-0.2, -0.15) is 0 Å². The van der Waals surface area contributed by atoms with E-state index in [2.05, 4.69) is 9.97 Å². The summed E-state index contributed by atoms with van der Waals surface area (Å²) in [5.41, 5.74) is 2.51. The summed E-state index contributed by atoms with van der Waals surface area (Å²) in [5.74, 6) is -0.249. The topological polar surface area (TPSA) is 45.8 Å². The zero-order chi connectivity index (χ0) is 13.1. The molecule has 0 aliphatic heterocycles. The molecule has 1 aromatic heterocycles. The van der Waals surface area contributed by atoms with Gasteiger partial charge in [-0.15, -0.1) is 0 Å². The second kappa shape index (κ2) is 5.12. The van der Waals surface area contributed by atoms with Crippen LogP contribution in [0.25, 0.3) is 11.3 Å². The van der Waals surface area contributed by atoms with Crippen molar-refractivity contribution in [2.24, 2.45) is 0 Å². The Morgan fingerprint density at radius 3 is 2.83 bits per heavy atom. The fraction of sp³-hybridized carbons (Fsp3) is 0.286. The van der Waals surface area contributed by atoms with Crippen LogP contribution in [0.3, 0.4) is 0 Å². The number of H-pyrrole nitrogens is 1. The van der Waals surface area contributed by atoms with E-state index < -0.39 is 0 Å². The third-order valence-electron chi connectivity index (χ3n) is 2.88. The lowest BCUT2D eigenvalue weighted by atomic mass is 10.0. The number of nitrogens with one attached hydrogen (secondary N) is 1. The summed E-state index contributed by atoms with van der Waals surface area (Å²) in [5, 5.41) is 0. The monoisotopic (exact) mass is 246 g/mol. The number of aromatic amines is 1. The summed E-state index contributed by atoms with van der Waals surface area (Å²) in [6, 6.07) is 4.78. The molecule has 0 atom stereocenters. The maximum absolute atomic E-state index is 13.3. The van der Waals surface area contributed by atoms with Crippen molar-refractivity contribution in [3.05, 3.63) is 51.8 Å². The number of halogens is 1. The molecule has 0 radical (unpaired) electrons. The van der Waals surface area contributed by atoms with Gasteiger partial charge < -0.3 is 4.98 Å². The third-order valence-corrected chi connectivity index (χ3v) is 2.88. The van der Waals surface area contributed by atoms with E-state index in [0.717, 1.165) is 12.0 Å². The van der Waals surface area contributed by atoms with Crippen LogP contribution in [0.5, 0.6) is 0 Å². The van der Waals surface area contributed by atoms with Crippen molar-refractivity contribution in [3.63, 3.8) is 0 Å². The number of rotatable bonds is 3. The van der Waals surface area contributed by atoms with E-state index in [9.17, 15) is 9.18 Å². The number of hydrogen-bond donors (Lipinski definition) is 1. The molecule has 0 aliphatic rings. The number of hydrogen-bond acceptors (Lipinski definition) is 2. The van der Waals surface area contributed by atoms with Crippen LogP contribution in [-0.4, -0.2) is 9.97 Å². The maximum atomic E-state index is 13.3. The third kappa shape index (κ3) is 2.32. The van der Waals surface area contributed by atoms with Gasteiger partial charge in [-0.3, -0.25) is 4.79 Å². The highest BCUT2D eigenvalue weighted by atomic mass is 19.1. The summed E-state index contributed by atoms with van der Waals surface area (Å²) in [6.45, 7) is 3.71. The Morgan fingerprint density at radius 2 is 2.17 bits per heavy atom. The minimum atomic E-state index is -0.249. The summed E-state index contributed by atoms with van der Waals surface area (Å²) in [4.78, 5) is 18.6. The van der Waals surface area contributed by atoms with Crippen molar-refractivity contribution < 1.29 is 4.39 Å². The van der Waals surface area contributed by atoms with Crippen molar-refractivity contribution in [1.29, 1.82) is 0 Å². The largest absolute Gasteiger partial charge is 0.313 e. The highest BCUT2D eigenvalue weighted by Gasteiger charge is 2.11. The first-order valence-corrected chi connectivity index (χ1v) is 5.96. The van der Waals surface area contributed by atoms with Crippen LogP contribution in [0.2, 0.25) is 0 Å². The molecule has 0 saturated heterocycles. The molecule has 18 heavy (non-hydrogen) atoms. The summed E-state index contributed by atoms with van der Waals surface area (Å²) in [6.07, 6.45) is 2.91. The van der Waals surface area contributed by atoms with Gasteiger partial charge in [-0.25, -0.2) is 9.37 Å². The van der Waals surface area contributed by atoms with Crippen molar-refractivity contribution >= 4 is 0 Å². The van der Waals surface area contributed by atoms with Gasteiger partial charge >= 0.3 is 0 Å². The standard InChI is InChI=1S/C14H15FN2O/c1-3-4-11-13(16-8-17-14(11)18)10-5-6-12(15)9(2)7-10/h5-8H,3-4H2,1-2H3,(H,16,17,18). The molecule has 94 valence electrons. The van der Waals surface area contributed by atoms with Crippen LogP contribution < -0.4 is 5.56 Å². The Labute approximate surface area is 105 Å². The lowest BCUT2D eigenvalue weighted by molar-refractivity contribution is 0.618. The molecule has 2 aromatic rings. The van der Waals surface area contributed by atoms with Crippen LogP contribution in [0.1, 0.15) is 24.5 Å². The SMILES string of the molecule is CCCc1c(-c2ccc(F)c(C)c2)nc[nH]c1=O. The Kier molecular flexibility index (Phi) is 3.55. The number of nitrogens with zero attached hydrogens (tertiary/aromatic N) is 1. The van der Waals surface area contributed by atoms with Crippen LogP contribution in [0, 0.1) is 12.7 Å². The van der Waals surface area contributed by atoms with Gasteiger partial charge in [0.15, 0.2) is 0 Å². The molecule has 1 heterocycles. The molecule has 3 nitrogen and oxygen atoms in total. The second-order valence-corrected chi connectivity index (χ2v) is 4.27. The van der Waals surface area contributed by atoms with E-state index in [0.29, 0.717) is 23.2 Å². The fourth-order valence-electron chi connectivity index (χ4n) is 1.95. The number of aromatic nitrogens is 2. The average molecular weight is 246 g/mol. The molecule has 0 spiro atoms. The summed E-state index contributed by atoms with van der Waals surface area (Å²) in [7, 11) is 0. The van der Waals surface area contributed by atoms with Crippen LogP contribution in [0.4, 0.5) is 4.39 Å². The Balaban J connectivity index is 2.59. The second-order valence-electron chi connectivity index (χ2n) is 4.27. The van der Waals surface area contributed by atoms with E-state index >= 15 is 0 Å². The zero-order valence-electron chi connectivity index (χ0n) is 10.5. The molecule has 2 rings (SSSR count). The van der Waals surface area contributed by atoms with Gasteiger partial charge in [0, 0.05) is 11.1 Å². The van der Waals surface area contributed by atoms with E-state index in [-0.39, 0.29) is 11.4 Å². The Morgan fingerprint density at radius 1 is 1.39 bits per heavy atom. The molecule has 1 N–H and O–H groups in total. The van der Waals surface area contributed by atoms with Crippen molar-refractivity contribution in [1.82, 2.24) is 9.97 Å². The van der Waals surface area contributed by atoms with E-state index in [1.807, 2.05) is 6.92 Å². The van der Waals surface area contributed by atoms with Crippen LogP contribution in [-0.2, 0) is 6.42 Å². The average Bonchev–Trinajstić information content (AvgIpc) is 2.35. The normalized spacial score (nSPS) is 10.6. The quantitative estimate of drug-likeness (QED) is 0.905. The highest BCUT2D eigenvalue weighted by molar-refractivity contribution is 5.63. The molecule has 0 fully saturated rings. The minimum absolute atomic E-state index is 0.121. The maximum Gasteiger partial charge on any atom is 0.254 e. The lowest BCUT2D eigenvalue weighted by Crippen LogP contribution is -2.14. The molecular formula is C14H15FN2O. The first-order valence-electron chi connectivity index (χ1n) is 5.96. The van der Waals surface area contributed by atoms with Crippen LogP contribution in [0.15, 0.2) is 29.3 Å². The molecule has 0 saturated carbocycles. The smallest absolute Gasteiger partial charge is 0.254 e. The van der Waals surface area contributed by atoms with E-state index in [4.69, 9.17) is 0 Å². The summed E-state index contributed by atoms with van der Waals surface area (Å²) >= 11 is 0. The highest BCUT2D eigenvalue weighted by Crippen LogP contribution is 2.22. The van der Waals surface area contributed by atoms with Crippen LogP contribution >= 0.6 is 0 Å². The van der Waals surface area contributed by atoms with Gasteiger partial charge in [-0.05, 0) is 37.1 Å². The predicted molar refractivity (Wildman–Crippen MR) is 69.0 cm³/mol. The number of aryl methyl sites for hydroxylation is 1. The first kappa shape index (κ1) is 12.5. The van der Waals surface area contributed by atoms with Gasteiger partial charge in [0.1, 0.15) is 5.82 Å². The zero-order valence-corrected chi connectivity index (χ0v) is 10.5. The van der Waals surface area contributed by atoms with Gasteiger partial charge in [0.25, 0.3) is 5.56 Å². The molecule has 0 amide bonds. The molecule has 4 heteroatoms. The van der Waals surface area contributed by atoms with E-state index in [1.165, 1.54) is 12.4 Å².